The molecular formula is C27H29N3O2S2. The van der Waals surface area contributed by atoms with Crippen LogP contribution in [-0.4, -0.2) is 37.6 Å². The van der Waals surface area contributed by atoms with Crippen molar-refractivity contribution in [3.8, 4) is 22.7 Å². The van der Waals surface area contributed by atoms with Crippen LogP contribution in [0.1, 0.15) is 44.7 Å². The highest BCUT2D eigenvalue weighted by Crippen LogP contribution is 2.36. The zero-order chi connectivity index (χ0) is 24.2. The van der Waals surface area contributed by atoms with E-state index in [-0.39, 0.29) is 11.9 Å². The van der Waals surface area contributed by atoms with Crippen molar-refractivity contribution >= 4 is 40.3 Å². The minimum Gasteiger partial charge on any atom is -0.493 e. The summed E-state index contributed by atoms with van der Waals surface area (Å²) < 4.78 is 8.38. The van der Waals surface area contributed by atoms with E-state index in [0.29, 0.717) is 15.8 Å². The molecule has 0 N–H and O–H groups in total. The Kier molecular flexibility index (Phi) is 7.54. The number of ether oxygens (including phenoxy) is 1. The highest BCUT2D eigenvalue weighted by Gasteiger charge is 2.34. The molecule has 2 heterocycles. The third-order valence-corrected chi connectivity index (χ3v) is 6.92. The van der Waals surface area contributed by atoms with Crippen LogP contribution >= 0.6 is 24.0 Å². The van der Waals surface area contributed by atoms with Crippen molar-refractivity contribution in [3.05, 3.63) is 70.8 Å². The molecule has 0 bridgehead atoms. The molecule has 4 rings (SSSR count). The third kappa shape index (κ3) is 5.10. The van der Waals surface area contributed by atoms with Gasteiger partial charge in [0, 0.05) is 23.4 Å². The zero-order valence-corrected chi connectivity index (χ0v) is 21.6. The average molecular weight is 492 g/mol. The lowest BCUT2D eigenvalue weighted by Crippen LogP contribution is -2.34. The van der Waals surface area contributed by atoms with E-state index in [4.69, 9.17) is 22.1 Å². The van der Waals surface area contributed by atoms with E-state index < -0.39 is 0 Å². The number of hydrogen-bond donors (Lipinski definition) is 0. The molecule has 0 spiro atoms. The van der Waals surface area contributed by atoms with Crippen molar-refractivity contribution in [1.82, 2.24) is 14.7 Å². The Hall–Kier alpha value is -2.90. The number of rotatable bonds is 8. The van der Waals surface area contributed by atoms with Crippen molar-refractivity contribution < 1.29 is 9.53 Å². The number of thiocarbonyl (C=S) groups is 1. The van der Waals surface area contributed by atoms with Crippen molar-refractivity contribution in [2.45, 2.75) is 46.6 Å². The van der Waals surface area contributed by atoms with Gasteiger partial charge in [-0.1, -0.05) is 55.5 Å². The van der Waals surface area contributed by atoms with E-state index in [1.54, 1.807) is 4.90 Å². The molecule has 1 aliphatic heterocycles. The first-order chi connectivity index (χ1) is 16.4. The van der Waals surface area contributed by atoms with Crippen molar-refractivity contribution in [1.29, 1.82) is 0 Å². The average Bonchev–Trinajstić information content (AvgIpc) is 3.36. The number of para-hydroxylation sites is 1. The maximum Gasteiger partial charge on any atom is 0.266 e. The first-order valence-electron chi connectivity index (χ1n) is 11.5. The fourth-order valence-corrected chi connectivity index (χ4v) is 5.30. The van der Waals surface area contributed by atoms with Crippen LogP contribution in [0.2, 0.25) is 0 Å². The maximum atomic E-state index is 13.0. The molecule has 5 nitrogen and oxygen atoms in total. The van der Waals surface area contributed by atoms with E-state index in [1.807, 2.05) is 80.2 Å². The van der Waals surface area contributed by atoms with Crippen molar-refractivity contribution in [3.63, 3.8) is 0 Å². The fraction of sp³-hybridized carbons (Fsp3) is 0.296. The van der Waals surface area contributed by atoms with Crippen LogP contribution in [0, 0.1) is 6.92 Å². The lowest BCUT2D eigenvalue weighted by molar-refractivity contribution is -0.123. The summed E-state index contributed by atoms with van der Waals surface area (Å²) in [6.45, 7) is 8.85. The molecule has 1 amide bonds. The molecule has 0 aliphatic carbocycles. The van der Waals surface area contributed by atoms with Gasteiger partial charge in [0.2, 0.25) is 0 Å². The lowest BCUT2D eigenvalue weighted by Gasteiger charge is -2.18. The Labute approximate surface area is 210 Å². The molecule has 0 saturated carbocycles. The number of carbonyl (C=O) groups excluding carboxylic acids is 1. The SMILES string of the molecule is CCCCOc1ccc(-c2nn(-c3ccccc3)cc2C=C2SC(=S)N(C(C)C)C2=O)cc1C. The van der Waals surface area contributed by atoms with Crippen LogP contribution < -0.4 is 4.74 Å². The van der Waals surface area contributed by atoms with Gasteiger partial charge < -0.3 is 4.74 Å². The van der Waals surface area contributed by atoms with Crippen LogP contribution in [0.25, 0.3) is 23.0 Å². The number of aromatic nitrogens is 2. The van der Waals surface area contributed by atoms with Gasteiger partial charge in [-0.15, -0.1) is 0 Å². The zero-order valence-electron chi connectivity index (χ0n) is 19.9. The first-order valence-corrected chi connectivity index (χ1v) is 12.8. The standard InChI is InChI=1S/C27H29N3O2S2/c1-5-6-14-32-23-13-12-20(15-19(23)4)25-21(17-29(28-25)22-10-8-7-9-11-22)16-24-26(31)30(18(2)3)27(33)34-24/h7-13,15-18H,5-6,14H2,1-4H3. The van der Waals surface area contributed by atoms with Crippen molar-refractivity contribution in [2.24, 2.45) is 0 Å². The normalized spacial score (nSPS) is 15.1. The molecular weight excluding hydrogens is 462 g/mol. The molecule has 3 aromatic rings. The second-order valence-electron chi connectivity index (χ2n) is 8.54. The molecule has 176 valence electrons. The van der Waals surface area contributed by atoms with Gasteiger partial charge in [0.05, 0.1) is 17.2 Å². The van der Waals surface area contributed by atoms with Gasteiger partial charge in [0.15, 0.2) is 0 Å². The number of carbonyl (C=O) groups is 1. The Balaban J connectivity index is 1.75. The van der Waals surface area contributed by atoms with Crippen LogP contribution in [0.4, 0.5) is 0 Å². The quantitative estimate of drug-likeness (QED) is 0.201. The highest BCUT2D eigenvalue weighted by atomic mass is 32.2. The van der Waals surface area contributed by atoms with E-state index in [2.05, 4.69) is 13.0 Å². The summed E-state index contributed by atoms with van der Waals surface area (Å²) in [5.74, 6) is 0.832. The Morgan fingerprint density at radius 2 is 1.94 bits per heavy atom. The summed E-state index contributed by atoms with van der Waals surface area (Å²) in [6.07, 6.45) is 6.00. The summed E-state index contributed by atoms with van der Waals surface area (Å²) in [7, 11) is 0. The van der Waals surface area contributed by atoms with Gasteiger partial charge in [0.1, 0.15) is 15.8 Å². The number of aryl methyl sites for hydroxylation is 1. The third-order valence-electron chi connectivity index (χ3n) is 5.59. The number of thioether (sulfide) groups is 1. The summed E-state index contributed by atoms with van der Waals surface area (Å²) in [4.78, 5) is 15.3. The predicted octanol–water partition coefficient (Wildman–Crippen LogP) is 6.64. The van der Waals surface area contributed by atoms with Gasteiger partial charge in [-0.05, 0) is 69.2 Å². The Morgan fingerprint density at radius 1 is 1.18 bits per heavy atom. The Morgan fingerprint density at radius 3 is 2.59 bits per heavy atom. The van der Waals surface area contributed by atoms with Gasteiger partial charge in [-0.2, -0.15) is 5.10 Å². The smallest absolute Gasteiger partial charge is 0.266 e. The molecule has 0 atom stereocenters. The largest absolute Gasteiger partial charge is 0.493 e. The second-order valence-corrected chi connectivity index (χ2v) is 10.2. The van der Waals surface area contributed by atoms with Gasteiger partial charge >= 0.3 is 0 Å². The predicted molar refractivity (Wildman–Crippen MR) is 144 cm³/mol. The maximum absolute atomic E-state index is 13.0. The topological polar surface area (TPSA) is 47.4 Å². The molecule has 7 heteroatoms. The number of unbranched alkanes of at least 4 members (excludes halogenated alkanes) is 1. The Bertz CT molecular complexity index is 1230. The molecule has 0 unspecified atom stereocenters. The van der Waals surface area contributed by atoms with Gasteiger partial charge in [0.25, 0.3) is 5.91 Å². The molecule has 34 heavy (non-hydrogen) atoms. The fourth-order valence-electron chi connectivity index (χ4n) is 3.78. The van der Waals surface area contributed by atoms with E-state index >= 15 is 0 Å². The van der Waals surface area contributed by atoms with Crippen LogP contribution in [0.3, 0.4) is 0 Å². The molecule has 1 saturated heterocycles. The van der Waals surface area contributed by atoms with Gasteiger partial charge in [-0.3, -0.25) is 9.69 Å². The monoisotopic (exact) mass is 491 g/mol. The first kappa shape index (κ1) is 24.2. The second kappa shape index (κ2) is 10.6. The molecule has 1 aliphatic rings. The van der Waals surface area contributed by atoms with Crippen LogP contribution in [-0.2, 0) is 4.79 Å². The molecule has 1 aromatic heterocycles. The minimum atomic E-state index is -0.0562. The summed E-state index contributed by atoms with van der Waals surface area (Å²) in [6, 6.07) is 16.1. The summed E-state index contributed by atoms with van der Waals surface area (Å²) >= 11 is 6.81. The summed E-state index contributed by atoms with van der Waals surface area (Å²) in [5.41, 5.74) is 4.66. The van der Waals surface area contributed by atoms with Crippen LogP contribution in [0.5, 0.6) is 5.75 Å². The van der Waals surface area contributed by atoms with E-state index in [0.717, 1.165) is 46.7 Å². The number of benzene rings is 2. The van der Waals surface area contributed by atoms with Crippen LogP contribution in [0.15, 0.2) is 59.6 Å². The lowest BCUT2D eigenvalue weighted by atomic mass is 10.0. The highest BCUT2D eigenvalue weighted by molar-refractivity contribution is 8.26. The van der Waals surface area contributed by atoms with Crippen molar-refractivity contribution in [2.75, 3.05) is 6.61 Å². The minimum absolute atomic E-state index is 0.0211. The van der Waals surface area contributed by atoms with Gasteiger partial charge in [-0.25, -0.2) is 4.68 Å². The van der Waals surface area contributed by atoms with E-state index in [9.17, 15) is 4.79 Å². The number of hydrogen-bond acceptors (Lipinski definition) is 5. The number of nitrogens with zero attached hydrogens (tertiary/aromatic N) is 3. The van der Waals surface area contributed by atoms with E-state index in [1.165, 1.54) is 11.8 Å². The molecule has 1 fully saturated rings. The molecule has 0 radical (unpaired) electrons. The summed E-state index contributed by atoms with van der Waals surface area (Å²) in [5, 5.41) is 4.90. The molecule has 2 aromatic carbocycles. The number of amides is 1.